The van der Waals surface area contributed by atoms with Crippen LogP contribution in [0.5, 0.6) is 0 Å². The number of hydrogen-bond acceptors (Lipinski definition) is 4. The summed E-state index contributed by atoms with van der Waals surface area (Å²) in [6.45, 7) is 3.24. The fraction of sp³-hybridized carbons (Fsp3) is 0.500. The van der Waals surface area contributed by atoms with Gasteiger partial charge in [-0.25, -0.2) is 0 Å². The third kappa shape index (κ3) is 3.26. The van der Waals surface area contributed by atoms with E-state index in [0.29, 0.717) is 18.8 Å². The second-order valence-electron chi connectivity index (χ2n) is 5.28. The van der Waals surface area contributed by atoms with Gasteiger partial charge in [-0.2, -0.15) is 0 Å². The van der Waals surface area contributed by atoms with Gasteiger partial charge in [0.05, 0.1) is 4.92 Å². The molecule has 0 amide bonds. The van der Waals surface area contributed by atoms with E-state index >= 15 is 0 Å². The molecule has 0 aromatic heterocycles. The smallest absolute Gasteiger partial charge is 0.303 e. The van der Waals surface area contributed by atoms with Crippen molar-refractivity contribution in [1.29, 1.82) is 0 Å². The molecule has 1 N–H and O–H groups in total. The first-order valence-corrected chi connectivity index (χ1v) is 6.69. The number of hydrogen-bond donors (Lipinski definition) is 1. The van der Waals surface area contributed by atoms with Gasteiger partial charge in [-0.05, 0) is 37.3 Å². The SMILES string of the molecule is Cc1ccc([N+](=O)[O-])c(N2CCC(CC(=O)O)CC2)c1. The maximum absolute atomic E-state index is 11.1. The van der Waals surface area contributed by atoms with Crippen LogP contribution in [-0.4, -0.2) is 29.1 Å². The Kier molecular flexibility index (Phi) is 4.22. The van der Waals surface area contributed by atoms with Crippen LogP contribution < -0.4 is 4.90 Å². The molecule has 1 aliphatic heterocycles. The van der Waals surface area contributed by atoms with Gasteiger partial charge in [-0.3, -0.25) is 14.9 Å². The molecule has 1 aromatic rings. The zero-order valence-corrected chi connectivity index (χ0v) is 11.4. The van der Waals surface area contributed by atoms with Gasteiger partial charge in [0.1, 0.15) is 5.69 Å². The number of anilines is 1. The first kappa shape index (κ1) is 14.3. The molecule has 1 saturated heterocycles. The summed E-state index contributed by atoms with van der Waals surface area (Å²) in [5.74, 6) is -0.599. The molecule has 1 heterocycles. The highest BCUT2D eigenvalue weighted by Crippen LogP contribution is 2.32. The highest BCUT2D eigenvalue weighted by Gasteiger charge is 2.25. The highest BCUT2D eigenvalue weighted by molar-refractivity contribution is 5.67. The lowest BCUT2D eigenvalue weighted by molar-refractivity contribution is -0.384. The fourth-order valence-corrected chi connectivity index (χ4v) is 2.67. The van der Waals surface area contributed by atoms with Gasteiger partial charge < -0.3 is 10.0 Å². The molecule has 20 heavy (non-hydrogen) atoms. The van der Waals surface area contributed by atoms with Crippen LogP contribution >= 0.6 is 0 Å². The van der Waals surface area contributed by atoms with Gasteiger partial charge in [-0.15, -0.1) is 0 Å². The Morgan fingerprint density at radius 2 is 2.10 bits per heavy atom. The lowest BCUT2D eigenvalue weighted by atomic mass is 9.93. The number of rotatable bonds is 4. The number of piperidine rings is 1. The van der Waals surface area contributed by atoms with Gasteiger partial charge >= 0.3 is 5.97 Å². The Labute approximate surface area is 117 Å². The van der Waals surface area contributed by atoms with Crippen LogP contribution in [0.3, 0.4) is 0 Å². The summed E-state index contributed by atoms with van der Waals surface area (Å²) in [6.07, 6.45) is 1.71. The molecule has 1 fully saturated rings. The van der Waals surface area contributed by atoms with Crippen LogP contribution in [0, 0.1) is 23.0 Å². The summed E-state index contributed by atoms with van der Waals surface area (Å²) < 4.78 is 0. The summed E-state index contributed by atoms with van der Waals surface area (Å²) in [7, 11) is 0. The van der Waals surface area contributed by atoms with E-state index in [2.05, 4.69) is 0 Å². The molecule has 0 atom stereocenters. The molecule has 1 aromatic carbocycles. The molecule has 0 radical (unpaired) electrons. The van der Waals surface area contributed by atoms with E-state index in [4.69, 9.17) is 5.11 Å². The molecule has 6 heteroatoms. The summed E-state index contributed by atoms with van der Waals surface area (Å²) in [5.41, 5.74) is 1.74. The first-order chi connectivity index (χ1) is 9.47. The number of carboxylic acid groups (broad SMARTS) is 1. The van der Waals surface area contributed by atoms with Crippen molar-refractivity contribution in [3.8, 4) is 0 Å². The topological polar surface area (TPSA) is 83.7 Å². The third-order valence-corrected chi connectivity index (χ3v) is 3.75. The summed E-state index contributed by atoms with van der Waals surface area (Å²) >= 11 is 0. The van der Waals surface area contributed by atoms with Crippen molar-refractivity contribution in [2.24, 2.45) is 5.92 Å². The monoisotopic (exact) mass is 278 g/mol. The van der Waals surface area contributed by atoms with E-state index < -0.39 is 5.97 Å². The maximum Gasteiger partial charge on any atom is 0.303 e. The minimum Gasteiger partial charge on any atom is -0.481 e. The van der Waals surface area contributed by atoms with Crippen molar-refractivity contribution in [3.63, 3.8) is 0 Å². The van der Waals surface area contributed by atoms with E-state index in [-0.39, 0.29) is 22.9 Å². The number of aliphatic carboxylic acids is 1. The third-order valence-electron chi connectivity index (χ3n) is 3.75. The molecule has 1 aliphatic rings. The quantitative estimate of drug-likeness (QED) is 0.676. The van der Waals surface area contributed by atoms with Crippen molar-refractivity contribution < 1.29 is 14.8 Å². The standard InChI is InChI=1S/C14H18N2O4/c1-10-2-3-12(16(19)20)13(8-10)15-6-4-11(5-7-15)9-14(17)18/h2-3,8,11H,4-7,9H2,1H3,(H,17,18). The molecule has 0 unspecified atom stereocenters. The second-order valence-corrected chi connectivity index (χ2v) is 5.28. The van der Waals surface area contributed by atoms with Crippen LogP contribution in [0.2, 0.25) is 0 Å². The summed E-state index contributed by atoms with van der Waals surface area (Å²) in [6, 6.07) is 5.10. The van der Waals surface area contributed by atoms with Gasteiger partial charge in [0.2, 0.25) is 0 Å². The molecule has 0 aliphatic carbocycles. The van der Waals surface area contributed by atoms with Crippen LogP contribution in [-0.2, 0) is 4.79 Å². The Morgan fingerprint density at radius 3 is 2.65 bits per heavy atom. The highest BCUT2D eigenvalue weighted by atomic mass is 16.6. The molecule has 108 valence electrons. The van der Waals surface area contributed by atoms with Gasteiger partial charge in [0, 0.05) is 25.6 Å². The molecule has 2 rings (SSSR count). The van der Waals surface area contributed by atoms with Crippen LogP contribution in [0.15, 0.2) is 18.2 Å². The molecule has 0 spiro atoms. The Balaban J connectivity index is 2.12. The summed E-state index contributed by atoms with van der Waals surface area (Å²) in [5, 5.41) is 19.9. The van der Waals surface area contributed by atoms with Crippen molar-refractivity contribution in [3.05, 3.63) is 33.9 Å². The predicted molar refractivity (Wildman–Crippen MR) is 75.0 cm³/mol. The minimum absolute atomic E-state index is 0.118. The molecular weight excluding hydrogens is 260 g/mol. The largest absolute Gasteiger partial charge is 0.481 e. The van der Waals surface area contributed by atoms with E-state index in [1.54, 1.807) is 6.07 Å². The van der Waals surface area contributed by atoms with Crippen molar-refractivity contribution in [2.45, 2.75) is 26.2 Å². The van der Waals surface area contributed by atoms with E-state index in [1.807, 2.05) is 17.9 Å². The number of nitro benzene ring substituents is 1. The fourth-order valence-electron chi connectivity index (χ4n) is 2.67. The minimum atomic E-state index is -0.773. The summed E-state index contributed by atoms with van der Waals surface area (Å²) in [4.78, 5) is 23.4. The average molecular weight is 278 g/mol. The van der Waals surface area contributed by atoms with Crippen molar-refractivity contribution >= 4 is 17.3 Å². The molecule has 0 bridgehead atoms. The Bertz CT molecular complexity index is 522. The molecule has 0 saturated carbocycles. The number of carboxylic acids is 1. The number of nitrogens with zero attached hydrogens (tertiary/aromatic N) is 2. The van der Waals surface area contributed by atoms with Crippen molar-refractivity contribution in [1.82, 2.24) is 0 Å². The molecule has 6 nitrogen and oxygen atoms in total. The number of carbonyl (C=O) groups is 1. The lowest BCUT2D eigenvalue weighted by Gasteiger charge is -2.32. The Hall–Kier alpha value is -2.11. The van der Waals surface area contributed by atoms with Crippen LogP contribution in [0.4, 0.5) is 11.4 Å². The average Bonchev–Trinajstić information content (AvgIpc) is 2.38. The van der Waals surface area contributed by atoms with Gasteiger partial charge in [-0.1, -0.05) is 6.07 Å². The van der Waals surface area contributed by atoms with Gasteiger partial charge in [0.15, 0.2) is 0 Å². The van der Waals surface area contributed by atoms with E-state index in [9.17, 15) is 14.9 Å². The maximum atomic E-state index is 11.1. The molecular formula is C14H18N2O4. The number of aryl methyl sites for hydroxylation is 1. The zero-order valence-electron chi connectivity index (χ0n) is 11.4. The first-order valence-electron chi connectivity index (χ1n) is 6.69. The van der Waals surface area contributed by atoms with Crippen LogP contribution in [0.1, 0.15) is 24.8 Å². The predicted octanol–water partition coefficient (Wildman–Crippen LogP) is 2.59. The Morgan fingerprint density at radius 1 is 1.45 bits per heavy atom. The number of nitro groups is 1. The van der Waals surface area contributed by atoms with Crippen molar-refractivity contribution in [2.75, 3.05) is 18.0 Å². The zero-order chi connectivity index (χ0) is 14.7. The van der Waals surface area contributed by atoms with Crippen LogP contribution in [0.25, 0.3) is 0 Å². The van der Waals surface area contributed by atoms with Gasteiger partial charge in [0.25, 0.3) is 5.69 Å². The number of benzene rings is 1. The lowest BCUT2D eigenvalue weighted by Crippen LogP contribution is -2.34. The second kappa shape index (κ2) is 5.90. The normalized spacial score (nSPS) is 16.1. The van der Waals surface area contributed by atoms with E-state index in [1.165, 1.54) is 6.07 Å². The van der Waals surface area contributed by atoms with E-state index in [0.717, 1.165) is 18.4 Å².